The first-order chi connectivity index (χ1) is 14.0. The second kappa shape index (κ2) is 7.78. The SMILES string of the molecule is CC1(C)CN2CCCC2(CNc2cc(F)c(S(=O)(=O)Nc3ncc(Cl)s3)cc2Cl)C1. The molecule has 11 heteroatoms. The molecule has 6 nitrogen and oxygen atoms in total. The van der Waals surface area contributed by atoms with E-state index in [0.717, 1.165) is 55.8 Å². The summed E-state index contributed by atoms with van der Waals surface area (Å²) in [6, 6.07) is 2.27. The minimum atomic E-state index is -4.19. The molecule has 0 amide bonds. The first kappa shape index (κ1) is 22.1. The molecule has 1 aromatic heterocycles. The Morgan fingerprint density at radius 2 is 2.10 bits per heavy atom. The van der Waals surface area contributed by atoms with Crippen molar-refractivity contribution in [2.45, 2.75) is 43.5 Å². The lowest BCUT2D eigenvalue weighted by atomic mass is 9.82. The van der Waals surface area contributed by atoms with Gasteiger partial charge in [0.2, 0.25) is 0 Å². The number of aromatic nitrogens is 1. The van der Waals surface area contributed by atoms with Gasteiger partial charge in [-0.1, -0.05) is 48.4 Å². The molecular formula is C19H23Cl2FN4O2S2. The highest BCUT2D eigenvalue weighted by Gasteiger charge is 2.51. The lowest BCUT2D eigenvalue weighted by molar-refractivity contribution is 0.209. The summed E-state index contributed by atoms with van der Waals surface area (Å²) in [5.74, 6) is -0.885. The van der Waals surface area contributed by atoms with Crippen molar-refractivity contribution in [2.75, 3.05) is 29.7 Å². The first-order valence-electron chi connectivity index (χ1n) is 9.62. The standard InChI is InChI=1S/C19H23Cl2FN4O2S2/c1-18(2)9-19(4-3-5-26(19)11-18)10-24-14-7-13(22)15(6-12(14)20)30(27,28)25-17-23-8-16(21)29-17/h6-8,24H,3-5,9-11H2,1-2H3,(H,23,25). The minimum absolute atomic E-state index is 0.0275. The van der Waals surface area contributed by atoms with Crippen LogP contribution in [0.15, 0.2) is 23.2 Å². The van der Waals surface area contributed by atoms with Crippen LogP contribution in [0, 0.1) is 11.2 Å². The zero-order valence-corrected chi connectivity index (χ0v) is 19.8. The zero-order chi connectivity index (χ0) is 21.7. The number of benzene rings is 1. The van der Waals surface area contributed by atoms with Crippen molar-refractivity contribution in [2.24, 2.45) is 5.41 Å². The number of halogens is 3. The molecule has 2 N–H and O–H groups in total. The molecule has 2 saturated heterocycles. The van der Waals surface area contributed by atoms with Gasteiger partial charge in [0, 0.05) is 18.6 Å². The topological polar surface area (TPSA) is 74.3 Å². The van der Waals surface area contributed by atoms with E-state index in [-0.39, 0.29) is 21.1 Å². The minimum Gasteiger partial charge on any atom is -0.382 e. The number of hydrogen-bond acceptors (Lipinski definition) is 6. The van der Waals surface area contributed by atoms with Crippen LogP contribution in [-0.4, -0.2) is 43.5 Å². The van der Waals surface area contributed by atoms with Gasteiger partial charge in [-0.05, 0) is 43.4 Å². The van der Waals surface area contributed by atoms with Crippen molar-refractivity contribution < 1.29 is 12.8 Å². The fourth-order valence-corrected chi connectivity index (χ4v) is 7.20. The Labute approximate surface area is 189 Å². The molecule has 0 bridgehead atoms. The Balaban J connectivity index is 1.53. The highest BCUT2D eigenvalue weighted by Crippen LogP contribution is 2.47. The Morgan fingerprint density at radius 1 is 1.33 bits per heavy atom. The summed E-state index contributed by atoms with van der Waals surface area (Å²) in [6.45, 7) is 7.28. The van der Waals surface area contributed by atoms with E-state index in [1.54, 1.807) is 0 Å². The van der Waals surface area contributed by atoms with Crippen LogP contribution in [0.3, 0.4) is 0 Å². The number of nitrogens with zero attached hydrogens (tertiary/aromatic N) is 2. The Kier molecular flexibility index (Phi) is 5.72. The molecule has 0 saturated carbocycles. The van der Waals surface area contributed by atoms with E-state index in [1.807, 2.05) is 0 Å². The van der Waals surface area contributed by atoms with Gasteiger partial charge in [0.05, 0.1) is 16.9 Å². The summed E-state index contributed by atoms with van der Waals surface area (Å²) in [7, 11) is -4.19. The van der Waals surface area contributed by atoms with E-state index in [2.05, 4.69) is 33.8 Å². The summed E-state index contributed by atoms with van der Waals surface area (Å²) in [6.07, 6.45) is 4.59. The van der Waals surface area contributed by atoms with E-state index in [0.29, 0.717) is 16.6 Å². The monoisotopic (exact) mass is 492 g/mol. The van der Waals surface area contributed by atoms with E-state index in [4.69, 9.17) is 23.2 Å². The second-order valence-electron chi connectivity index (χ2n) is 8.78. The molecular weight excluding hydrogens is 470 g/mol. The molecule has 1 unspecified atom stereocenters. The molecule has 1 aromatic carbocycles. The maximum absolute atomic E-state index is 14.8. The van der Waals surface area contributed by atoms with Gasteiger partial charge < -0.3 is 5.32 Å². The van der Waals surface area contributed by atoms with E-state index in [1.165, 1.54) is 6.20 Å². The smallest absolute Gasteiger partial charge is 0.266 e. The van der Waals surface area contributed by atoms with E-state index >= 15 is 0 Å². The summed E-state index contributed by atoms with van der Waals surface area (Å²) in [4.78, 5) is 5.81. The fraction of sp³-hybridized carbons (Fsp3) is 0.526. The number of hydrogen-bond donors (Lipinski definition) is 2. The molecule has 2 aliphatic heterocycles. The van der Waals surface area contributed by atoms with Gasteiger partial charge in [0.25, 0.3) is 10.0 Å². The van der Waals surface area contributed by atoms with Crippen LogP contribution in [0.2, 0.25) is 9.36 Å². The average Bonchev–Trinajstić information content (AvgIpc) is 3.26. The van der Waals surface area contributed by atoms with Crippen molar-refractivity contribution in [3.8, 4) is 0 Å². The van der Waals surface area contributed by atoms with Gasteiger partial charge in [0.1, 0.15) is 15.0 Å². The van der Waals surface area contributed by atoms with Crippen LogP contribution in [-0.2, 0) is 10.0 Å². The van der Waals surface area contributed by atoms with E-state index in [9.17, 15) is 12.8 Å². The molecule has 4 rings (SSSR count). The van der Waals surface area contributed by atoms with Gasteiger partial charge in [-0.3, -0.25) is 9.62 Å². The van der Waals surface area contributed by atoms with Crippen LogP contribution in [0.5, 0.6) is 0 Å². The Hall–Kier alpha value is -1.13. The highest BCUT2D eigenvalue weighted by molar-refractivity contribution is 7.93. The zero-order valence-electron chi connectivity index (χ0n) is 16.6. The van der Waals surface area contributed by atoms with Crippen molar-refractivity contribution in [3.05, 3.63) is 33.5 Å². The molecule has 2 aliphatic rings. The van der Waals surface area contributed by atoms with Crippen molar-refractivity contribution >= 4 is 55.4 Å². The van der Waals surface area contributed by atoms with Crippen LogP contribution < -0.4 is 10.0 Å². The van der Waals surface area contributed by atoms with E-state index < -0.39 is 20.7 Å². The molecule has 2 fully saturated rings. The number of thiazole rings is 1. The Morgan fingerprint density at radius 3 is 2.80 bits per heavy atom. The molecule has 164 valence electrons. The molecule has 0 radical (unpaired) electrons. The fourth-order valence-electron chi connectivity index (χ4n) is 4.77. The molecule has 3 heterocycles. The van der Waals surface area contributed by atoms with Crippen LogP contribution >= 0.6 is 34.5 Å². The third kappa shape index (κ3) is 4.27. The average molecular weight is 493 g/mol. The normalized spacial score (nSPS) is 23.5. The molecule has 0 spiro atoms. The van der Waals surface area contributed by atoms with Gasteiger partial charge in [-0.25, -0.2) is 17.8 Å². The summed E-state index contributed by atoms with van der Waals surface area (Å²) in [5, 5.41) is 3.47. The van der Waals surface area contributed by atoms with Crippen molar-refractivity contribution in [1.82, 2.24) is 9.88 Å². The third-order valence-corrected chi connectivity index (χ3v) is 8.61. The van der Waals surface area contributed by atoms with Crippen molar-refractivity contribution in [1.29, 1.82) is 0 Å². The maximum Gasteiger partial charge on any atom is 0.266 e. The highest BCUT2D eigenvalue weighted by atomic mass is 35.5. The van der Waals surface area contributed by atoms with Gasteiger partial charge in [0.15, 0.2) is 5.13 Å². The number of nitrogens with one attached hydrogen (secondary N) is 2. The number of fused-ring (bicyclic) bond motifs is 1. The van der Waals surface area contributed by atoms with Gasteiger partial charge in [-0.2, -0.15) is 0 Å². The second-order valence-corrected chi connectivity index (χ2v) is 12.5. The molecule has 0 aliphatic carbocycles. The van der Waals surface area contributed by atoms with Crippen LogP contribution in [0.25, 0.3) is 0 Å². The van der Waals surface area contributed by atoms with Crippen molar-refractivity contribution in [3.63, 3.8) is 0 Å². The third-order valence-electron chi connectivity index (χ3n) is 5.79. The predicted molar refractivity (Wildman–Crippen MR) is 120 cm³/mol. The molecule has 1 atom stereocenters. The van der Waals surface area contributed by atoms with Gasteiger partial charge in [-0.15, -0.1) is 0 Å². The largest absolute Gasteiger partial charge is 0.382 e. The number of anilines is 2. The predicted octanol–water partition coefficient (Wildman–Crippen LogP) is 5.07. The summed E-state index contributed by atoms with van der Waals surface area (Å²) in [5.41, 5.74) is 0.649. The van der Waals surface area contributed by atoms with Gasteiger partial charge >= 0.3 is 0 Å². The lowest BCUT2D eigenvalue weighted by Gasteiger charge is -2.33. The number of sulfonamides is 1. The summed E-state index contributed by atoms with van der Waals surface area (Å²) < 4.78 is 42.4. The summed E-state index contributed by atoms with van der Waals surface area (Å²) >= 11 is 13.0. The number of rotatable bonds is 6. The molecule has 2 aromatic rings. The molecule has 30 heavy (non-hydrogen) atoms. The lowest BCUT2D eigenvalue weighted by Crippen LogP contribution is -2.44. The quantitative estimate of drug-likeness (QED) is 0.588. The van der Waals surface area contributed by atoms with Crippen LogP contribution in [0.4, 0.5) is 15.2 Å². The Bertz CT molecular complexity index is 1080. The maximum atomic E-state index is 14.8. The van der Waals surface area contributed by atoms with Crippen LogP contribution in [0.1, 0.15) is 33.1 Å². The first-order valence-corrected chi connectivity index (χ1v) is 12.7.